The molecule has 5 nitrogen and oxygen atoms in total. The van der Waals surface area contributed by atoms with E-state index in [4.69, 9.17) is 4.74 Å². The second kappa shape index (κ2) is 6.20. The van der Waals surface area contributed by atoms with Crippen LogP contribution in [0.4, 0.5) is 0 Å². The number of aryl methyl sites for hydroxylation is 1. The van der Waals surface area contributed by atoms with Crippen LogP contribution in [0.15, 0.2) is 53.3 Å². The predicted molar refractivity (Wildman–Crippen MR) is 92.0 cm³/mol. The first-order valence-corrected chi connectivity index (χ1v) is 7.51. The maximum absolute atomic E-state index is 12.6. The number of hydrogen-bond acceptors (Lipinski definition) is 3. The molecule has 0 aliphatic rings. The molecule has 122 valence electrons. The number of carboxylic acid groups (broad SMARTS) is 1. The third-order valence-electron chi connectivity index (χ3n) is 4.10. The van der Waals surface area contributed by atoms with Crippen LogP contribution >= 0.6 is 0 Å². The van der Waals surface area contributed by atoms with Gasteiger partial charge in [-0.2, -0.15) is 0 Å². The molecule has 0 aliphatic heterocycles. The molecule has 3 rings (SSSR count). The van der Waals surface area contributed by atoms with E-state index in [0.29, 0.717) is 16.8 Å². The van der Waals surface area contributed by atoms with Crippen molar-refractivity contribution in [3.05, 3.63) is 75.6 Å². The molecule has 24 heavy (non-hydrogen) atoms. The SMILES string of the molecule is COc1cccc2c(C)cc(=O)n(Cc3ccccc3C(=O)O)c12. The summed E-state index contributed by atoms with van der Waals surface area (Å²) in [5.74, 6) is -0.428. The Morgan fingerprint density at radius 3 is 2.62 bits per heavy atom. The highest BCUT2D eigenvalue weighted by Crippen LogP contribution is 2.27. The summed E-state index contributed by atoms with van der Waals surface area (Å²) in [6, 6.07) is 13.8. The Hall–Kier alpha value is -3.08. The second-order valence-electron chi connectivity index (χ2n) is 5.57. The van der Waals surface area contributed by atoms with E-state index in [1.807, 2.05) is 19.1 Å². The lowest BCUT2D eigenvalue weighted by atomic mass is 10.1. The van der Waals surface area contributed by atoms with Crippen LogP contribution in [-0.2, 0) is 6.54 Å². The quantitative estimate of drug-likeness (QED) is 0.801. The first-order chi connectivity index (χ1) is 11.5. The van der Waals surface area contributed by atoms with Crippen molar-refractivity contribution < 1.29 is 14.6 Å². The molecule has 1 heterocycles. The standard InChI is InChI=1S/C19H17NO4/c1-12-10-17(21)20(18-14(12)8-5-9-16(18)24-2)11-13-6-3-4-7-15(13)19(22)23/h3-10H,11H2,1-2H3,(H,22,23). The highest BCUT2D eigenvalue weighted by molar-refractivity contribution is 5.90. The molecule has 0 bridgehead atoms. The van der Waals surface area contributed by atoms with Crippen LogP contribution < -0.4 is 10.3 Å². The van der Waals surface area contributed by atoms with Crippen LogP contribution in [0.25, 0.3) is 10.9 Å². The van der Waals surface area contributed by atoms with Crippen LogP contribution in [0.2, 0.25) is 0 Å². The van der Waals surface area contributed by atoms with E-state index in [1.54, 1.807) is 42.0 Å². The van der Waals surface area contributed by atoms with Crippen molar-refractivity contribution in [2.24, 2.45) is 0 Å². The zero-order valence-electron chi connectivity index (χ0n) is 13.4. The Bertz CT molecular complexity index is 988. The Labute approximate surface area is 138 Å². The third-order valence-corrected chi connectivity index (χ3v) is 4.10. The number of aromatic nitrogens is 1. The molecular weight excluding hydrogens is 306 g/mol. The van der Waals surface area contributed by atoms with Gasteiger partial charge in [0, 0.05) is 11.5 Å². The summed E-state index contributed by atoms with van der Waals surface area (Å²) in [4.78, 5) is 24.0. The van der Waals surface area contributed by atoms with Gasteiger partial charge in [0.05, 0.1) is 24.7 Å². The smallest absolute Gasteiger partial charge is 0.336 e. The summed E-state index contributed by atoms with van der Waals surface area (Å²) in [6.45, 7) is 2.04. The molecule has 0 fully saturated rings. The lowest BCUT2D eigenvalue weighted by Gasteiger charge is -2.16. The number of rotatable bonds is 4. The molecule has 0 radical (unpaired) electrons. The van der Waals surface area contributed by atoms with E-state index in [0.717, 1.165) is 10.9 Å². The van der Waals surface area contributed by atoms with Gasteiger partial charge in [0.2, 0.25) is 0 Å². The normalized spacial score (nSPS) is 10.8. The van der Waals surface area contributed by atoms with E-state index >= 15 is 0 Å². The molecule has 0 amide bonds. The summed E-state index contributed by atoms with van der Waals surface area (Å²) in [5, 5.41) is 10.3. The van der Waals surface area contributed by atoms with E-state index in [9.17, 15) is 14.7 Å². The topological polar surface area (TPSA) is 68.5 Å². The largest absolute Gasteiger partial charge is 0.495 e. The van der Waals surface area contributed by atoms with E-state index in [-0.39, 0.29) is 17.7 Å². The fourth-order valence-corrected chi connectivity index (χ4v) is 2.93. The Morgan fingerprint density at radius 2 is 1.92 bits per heavy atom. The molecule has 3 aromatic rings. The Balaban J connectivity index is 2.28. The average molecular weight is 323 g/mol. The second-order valence-corrected chi connectivity index (χ2v) is 5.57. The fraction of sp³-hybridized carbons (Fsp3) is 0.158. The number of carbonyl (C=O) groups is 1. The Morgan fingerprint density at radius 1 is 1.17 bits per heavy atom. The number of fused-ring (bicyclic) bond motifs is 1. The minimum atomic E-state index is -1.01. The molecule has 0 unspecified atom stereocenters. The van der Waals surface area contributed by atoms with Crippen LogP contribution in [-0.4, -0.2) is 22.8 Å². The van der Waals surface area contributed by atoms with Crippen molar-refractivity contribution >= 4 is 16.9 Å². The number of carboxylic acids is 1. The van der Waals surface area contributed by atoms with Gasteiger partial charge in [-0.1, -0.05) is 30.3 Å². The van der Waals surface area contributed by atoms with Crippen LogP contribution in [0.5, 0.6) is 5.75 Å². The molecule has 2 aromatic carbocycles. The zero-order chi connectivity index (χ0) is 17.3. The lowest BCUT2D eigenvalue weighted by Crippen LogP contribution is -2.22. The van der Waals surface area contributed by atoms with E-state index < -0.39 is 5.97 Å². The van der Waals surface area contributed by atoms with E-state index in [1.165, 1.54) is 6.07 Å². The number of para-hydroxylation sites is 1. The molecule has 0 saturated carbocycles. The van der Waals surface area contributed by atoms with Gasteiger partial charge in [0.25, 0.3) is 5.56 Å². The molecule has 0 saturated heterocycles. The molecule has 5 heteroatoms. The molecule has 1 aromatic heterocycles. The molecule has 0 atom stereocenters. The van der Waals surface area contributed by atoms with Crippen LogP contribution in [0.3, 0.4) is 0 Å². The summed E-state index contributed by atoms with van der Waals surface area (Å²) in [6.07, 6.45) is 0. The molecular formula is C19H17NO4. The van der Waals surface area contributed by atoms with Crippen molar-refractivity contribution in [1.82, 2.24) is 4.57 Å². The molecule has 0 aliphatic carbocycles. The number of hydrogen-bond donors (Lipinski definition) is 1. The van der Waals surface area contributed by atoms with Gasteiger partial charge >= 0.3 is 5.97 Å². The van der Waals surface area contributed by atoms with Crippen LogP contribution in [0.1, 0.15) is 21.5 Å². The number of methoxy groups -OCH3 is 1. The van der Waals surface area contributed by atoms with Crippen molar-refractivity contribution in [3.8, 4) is 5.75 Å². The number of nitrogens with zero attached hydrogens (tertiary/aromatic N) is 1. The van der Waals surface area contributed by atoms with Gasteiger partial charge in [-0.25, -0.2) is 4.79 Å². The van der Waals surface area contributed by atoms with E-state index in [2.05, 4.69) is 0 Å². The Kier molecular flexibility index (Phi) is 4.08. The summed E-state index contributed by atoms with van der Waals surface area (Å²) in [7, 11) is 1.55. The van der Waals surface area contributed by atoms with Crippen molar-refractivity contribution in [3.63, 3.8) is 0 Å². The molecule has 0 spiro atoms. The average Bonchev–Trinajstić information content (AvgIpc) is 2.58. The van der Waals surface area contributed by atoms with Crippen LogP contribution in [0, 0.1) is 6.92 Å². The first-order valence-electron chi connectivity index (χ1n) is 7.51. The molecule has 1 N–H and O–H groups in total. The highest BCUT2D eigenvalue weighted by Gasteiger charge is 2.15. The maximum Gasteiger partial charge on any atom is 0.336 e. The van der Waals surface area contributed by atoms with Gasteiger partial charge in [0.15, 0.2) is 0 Å². The maximum atomic E-state index is 12.6. The van der Waals surface area contributed by atoms with Crippen molar-refractivity contribution in [2.75, 3.05) is 7.11 Å². The number of ether oxygens (including phenoxy) is 1. The minimum absolute atomic E-state index is 0.165. The number of pyridine rings is 1. The summed E-state index contributed by atoms with van der Waals surface area (Å²) in [5.41, 5.74) is 2.10. The zero-order valence-corrected chi connectivity index (χ0v) is 13.4. The summed E-state index contributed by atoms with van der Waals surface area (Å²) < 4.78 is 6.98. The van der Waals surface area contributed by atoms with Gasteiger partial charge in [-0.3, -0.25) is 4.79 Å². The summed E-state index contributed by atoms with van der Waals surface area (Å²) >= 11 is 0. The van der Waals surface area contributed by atoms with Crippen molar-refractivity contribution in [1.29, 1.82) is 0 Å². The van der Waals surface area contributed by atoms with Gasteiger partial charge in [-0.15, -0.1) is 0 Å². The fourth-order valence-electron chi connectivity index (χ4n) is 2.93. The van der Waals surface area contributed by atoms with Gasteiger partial charge < -0.3 is 14.4 Å². The third kappa shape index (κ3) is 2.65. The predicted octanol–water partition coefficient (Wildman–Crippen LogP) is 3.07. The monoisotopic (exact) mass is 323 g/mol. The highest BCUT2D eigenvalue weighted by atomic mass is 16.5. The first kappa shape index (κ1) is 15.8. The minimum Gasteiger partial charge on any atom is -0.495 e. The van der Waals surface area contributed by atoms with Crippen molar-refractivity contribution in [2.45, 2.75) is 13.5 Å². The van der Waals surface area contributed by atoms with Gasteiger partial charge in [0.1, 0.15) is 5.75 Å². The number of aromatic carboxylic acids is 1. The van der Waals surface area contributed by atoms with Gasteiger partial charge in [-0.05, 0) is 30.2 Å². The number of benzene rings is 2. The lowest BCUT2D eigenvalue weighted by molar-refractivity contribution is 0.0695.